The summed E-state index contributed by atoms with van der Waals surface area (Å²) in [6.07, 6.45) is -2.77. The van der Waals surface area contributed by atoms with Crippen LogP contribution in [0.15, 0.2) is 0 Å². The summed E-state index contributed by atoms with van der Waals surface area (Å²) in [5.41, 5.74) is 0. The maximum absolute atomic E-state index is 11.8. The van der Waals surface area contributed by atoms with E-state index in [1.807, 2.05) is 0 Å². The fourth-order valence-electron chi connectivity index (χ4n) is 0.483. The zero-order chi connectivity index (χ0) is 6.04. The van der Waals surface area contributed by atoms with Crippen LogP contribution in [-0.2, 0) is 9.47 Å². The Labute approximate surface area is 45.4 Å². The second-order valence-electron chi connectivity index (χ2n) is 1.51. The van der Waals surface area contributed by atoms with Crippen molar-refractivity contribution >= 4 is 0 Å². The molecule has 0 saturated carbocycles. The van der Waals surface area contributed by atoms with E-state index in [0.717, 1.165) is 0 Å². The summed E-state index contributed by atoms with van der Waals surface area (Å²) in [6.45, 7) is 0.181. The molecule has 1 rings (SSSR count). The molecule has 0 N–H and O–H groups in total. The predicted octanol–water partition coefficient (Wildman–Crippen LogP) is 0.974. The van der Waals surface area contributed by atoms with Crippen LogP contribution in [-0.4, -0.2) is 19.5 Å². The first kappa shape index (κ1) is 5.91. The van der Waals surface area contributed by atoms with Gasteiger partial charge >= 0.3 is 6.29 Å². The molecule has 8 heavy (non-hydrogen) atoms. The van der Waals surface area contributed by atoms with E-state index in [0.29, 0.717) is 6.42 Å². The van der Waals surface area contributed by atoms with E-state index in [4.69, 9.17) is 0 Å². The average Bonchev–Trinajstić information content (AvgIpc) is 1.65. The lowest BCUT2D eigenvalue weighted by molar-refractivity contribution is -0.411. The highest BCUT2D eigenvalue weighted by Crippen LogP contribution is 2.20. The molecule has 0 amide bonds. The van der Waals surface area contributed by atoms with Crippen LogP contribution in [0, 0.1) is 0 Å². The Bertz CT molecular complexity index is 76.1. The van der Waals surface area contributed by atoms with E-state index < -0.39 is 6.29 Å². The van der Waals surface area contributed by atoms with Crippen molar-refractivity contribution < 1.29 is 18.3 Å². The Morgan fingerprint density at radius 3 is 1.88 bits per heavy atom. The minimum absolute atomic E-state index is 0.0903. The summed E-state index contributed by atoms with van der Waals surface area (Å²) in [6, 6.07) is 0. The number of halogens is 2. The molecule has 1 fully saturated rings. The van der Waals surface area contributed by atoms with Gasteiger partial charge in [0.05, 0.1) is 13.2 Å². The average molecular weight is 124 g/mol. The molecular weight excluding hydrogens is 118 g/mol. The smallest absolute Gasteiger partial charge is 0.296 e. The number of hydrogen-bond donors (Lipinski definition) is 0. The highest BCUT2D eigenvalue weighted by Gasteiger charge is 2.34. The van der Waals surface area contributed by atoms with Crippen LogP contribution in [0.3, 0.4) is 0 Å². The lowest BCUT2D eigenvalue weighted by atomic mass is 10.5. The first-order valence-electron chi connectivity index (χ1n) is 2.36. The second kappa shape index (κ2) is 1.95. The number of rotatable bonds is 0. The van der Waals surface area contributed by atoms with Gasteiger partial charge in [-0.1, -0.05) is 0 Å². The summed E-state index contributed by atoms with van der Waals surface area (Å²) in [7, 11) is 0. The third-order valence-corrected chi connectivity index (χ3v) is 0.829. The molecule has 0 atom stereocenters. The third kappa shape index (κ3) is 1.38. The van der Waals surface area contributed by atoms with Crippen molar-refractivity contribution in [3.63, 3.8) is 0 Å². The molecule has 2 nitrogen and oxygen atoms in total. The van der Waals surface area contributed by atoms with E-state index in [9.17, 15) is 8.78 Å². The van der Waals surface area contributed by atoms with Gasteiger partial charge in [-0.25, -0.2) is 0 Å². The zero-order valence-electron chi connectivity index (χ0n) is 4.19. The van der Waals surface area contributed by atoms with Gasteiger partial charge in [-0.15, -0.1) is 8.78 Å². The van der Waals surface area contributed by atoms with Crippen LogP contribution in [0.2, 0.25) is 0 Å². The van der Waals surface area contributed by atoms with Crippen molar-refractivity contribution in [1.29, 1.82) is 0 Å². The van der Waals surface area contributed by atoms with Crippen LogP contribution in [0.25, 0.3) is 0 Å². The molecule has 0 spiro atoms. The van der Waals surface area contributed by atoms with Crippen molar-refractivity contribution in [3.8, 4) is 0 Å². The number of hydrogen-bond acceptors (Lipinski definition) is 2. The Kier molecular flexibility index (Phi) is 1.44. The van der Waals surface area contributed by atoms with Crippen molar-refractivity contribution in [3.05, 3.63) is 0 Å². The van der Waals surface area contributed by atoms with Gasteiger partial charge in [0.15, 0.2) is 0 Å². The molecule has 4 heteroatoms. The summed E-state index contributed by atoms with van der Waals surface area (Å²) in [5.74, 6) is 0. The summed E-state index contributed by atoms with van der Waals surface area (Å²) >= 11 is 0. The van der Waals surface area contributed by atoms with Gasteiger partial charge in [-0.2, -0.15) is 0 Å². The molecule has 0 bridgehead atoms. The monoisotopic (exact) mass is 124 g/mol. The van der Waals surface area contributed by atoms with Crippen LogP contribution < -0.4 is 0 Å². The first-order valence-corrected chi connectivity index (χ1v) is 2.36. The Morgan fingerprint density at radius 2 is 1.62 bits per heavy atom. The highest BCUT2D eigenvalue weighted by atomic mass is 19.3. The zero-order valence-corrected chi connectivity index (χ0v) is 4.19. The standard InChI is InChI=1S/C4H6F2O2/c5-4(6)7-2-1-3-8-4/h1-3H2. The molecule has 1 aliphatic rings. The van der Waals surface area contributed by atoms with E-state index in [1.165, 1.54) is 0 Å². The van der Waals surface area contributed by atoms with Gasteiger partial charge in [0.1, 0.15) is 0 Å². The highest BCUT2D eigenvalue weighted by molar-refractivity contribution is 4.44. The minimum atomic E-state index is -3.32. The molecule has 48 valence electrons. The lowest BCUT2D eigenvalue weighted by Crippen LogP contribution is -2.31. The van der Waals surface area contributed by atoms with E-state index in [1.54, 1.807) is 0 Å². The van der Waals surface area contributed by atoms with Crippen LogP contribution in [0.4, 0.5) is 8.78 Å². The lowest BCUT2D eigenvalue weighted by Gasteiger charge is -2.20. The topological polar surface area (TPSA) is 18.5 Å². The van der Waals surface area contributed by atoms with Gasteiger partial charge < -0.3 is 0 Å². The molecule has 0 aliphatic carbocycles. The predicted molar refractivity (Wildman–Crippen MR) is 21.5 cm³/mol. The molecule has 0 unspecified atom stereocenters. The molecule has 1 saturated heterocycles. The third-order valence-electron chi connectivity index (χ3n) is 0.829. The van der Waals surface area contributed by atoms with Gasteiger partial charge in [-0.05, 0) is 6.42 Å². The largest absolute Gasteiger partial charge is 0.485 e. The van der Waals surface area contributed by atoms with Gasteiger partial charge in [0, 0.05) is 0 Å². The van der Waals surface area contributed by atoms with E-state index >= 15 is 0 Å². The molecule has 0 aromatic carbocycles. The van der Waals surface area contributed by atoms with E-state index in [2.05, 4.69) is 9.47 Å². The first-order chi connectivity index (χ1) is 3.71. The van der Waals surface area contributed by atoms with Crippen molar-refractivity contribution in [2.24, 2.45) is 0 Å². The van der Waals surface area contributed by atoms with Crippen LogP contribution in [0.5, 0.6) is 0 Å². The second-order valence-corrected chi connectivity index (χ2v) is 1.51. The van der Waals surface area contributed by atoms with Gasteiger partial charge in [0.2, 0.25) is 0 Å². The Balaban J connectivity index is 2.33. The molecular formula is C4H6F2O2. The fraction of sp³-hybridized carbons (Fsp3) is 1.00. The number of ether oxygens (including phenoxy) is 2. The van der Waals surface area contributed by atoms with Crippen molar-refractivity contribution in [2.45, 2.75) is 12.7 Å². The Hall–Kier alpha value is -0.220. The van der Waals surface area contributed by atoms with Crippen molar-refractivity contribution in [1.82, 2.24) is 0 Å². The molecule has 1 aliphatic heterocycles. The quantitative estimate of drug-likeness (QED) is 0.479. The maximum atomic E-state index is 11.8. The molecule has 0 aromatic heterocycles. The maximum Gasteiger partial charge on any atom is 0.485 e. The summed E-state index contributed by atoms with van der Waals surface area (Å²) < 4.78 is 31.3. The fourth-order valence-corrected chi connectivity index (χ4v) is 0.483. The molecule has 0 aromatic rings. The van der Waals surface area contributed by atoms with Crippen LogP contribution in [0.1, 0.15) is 6.42 Å². The van der Waals surface area contributed by atoms with Gasteiger partial charge in [-0.3, -0.25) is 9.47 Å². The van der Waals surface area contributed by atoms with Gasteiger partial charge in [0.25, 0.3) is 0 Å². The number of alkyl halides is 2. The SMILES string of the molecule is FC1(F)OCCCO1. The van der Waals surface area contributed by atoms with Crippen LogP contribution >= 0.6 is 0 Å². The normalized spacial score (nSPS) is 27.8. The summed E-state index contributed by atoms with van der Waals surface area (Å²) in [5, 5.41) is 0. The molecule has 0 radical (unpaired) electrons. The minimum Gasteiger partial charge on any atom is -0.296 e. The van der Waals surface area contributed by atoms with Crippen molar-refractivity contribution in [2.75, 3.05) is 13.2 Å². The molecule has 1 heterocycles. The Morgan fingerprint density at radius 1 is 1.12 bits per heavy atom. The van der Waals surface area contributed by atoms with E-state index in [-0.39, 0.29) is 13.2 Å². The summed E-state index contributed by atoms with van der Waals surface area (Å²) in [4.78, 5) is 0.